The molecule has 0 heterocycles. The average molecular weight is 311 g/mol. The first-order valence-electron chi connectivity index (χ1n) is 7.43. The van der Waals surface area contributed by atoms with Gasteiger partial charge >= 0.3 is 5.97 Å². The Kier molecular flexibility index (Phi) is 5.62. The lowest BCUT2D eigenvalue weighted by Crippen LogP contribution is -2.53. The molecule has 1 saturated carbocycles. The number of nitrogens with zero attached hydrogens (tertiary/aromatic N) is 1. The SMILES string of the molecule is CCN(CC(=O)O)C1CC(NCc2ccc(C)c(Cl)c2)C1. The summed E-state index contributed by atoms with van der Waals surface area (Å²) in [7, 11) is 0. The molecule has 21 heavy (non-hydrogen) atoms. The summed E-state index contributed by atoms with van der Waals surface area (Å²) in [5.74, 6) is -0.748. The molecule has 116 valence electrons. The maximum absolute atomic E-state index is 10.8. The first kappa shape index (κ1) is 16.3. The first-order chi connectivity index (χ1) is 9.99. The van der Waals surface area contributed by atoms with Crippen LogP contribution in [0.2, 0.25) is 5.02 Å². The molecule has 5 heteroatoms. The predicted molar refractivity (Wildman–Crippen MR) is 84.7 cm³/mol. The molecular weight excluding hydrogens is 288 g/mol. The highest BCUT2D eigenvalue weighted by Gasteiger charge is 2.33. The zero-order chi connectivity index (χ0) is 15.4. The molecule has 0 atom stereocenters. The molecule has 1 fully saturated rings. The molecule has 0 aromatic heterocycles. The van der Waals surface area contributed by atoms with E-state index in [-0.39, 0.29) is 6.54 Å². The van der Waals surface area contributed by atoms with Crippen LogP contribution in [0.5, 0.6) is 0 Å². The van der Waals surface area contributed by atoms with E-state index in [9.17, 15) is 4.79 Å². The molecule has 1 aromatic carbocycles. The van der Waals surface area contributed by atoms with Gasteiger partial charge in [0.1, 0.15) is 0 Å². The summed E-state index contributed by atoms with van der Waals surface area (Å²) in [5, 5.41) is 13.2. The van der Waals surface area contributed by atoms with Crippen LogP contribution in [-0.4, -0.2) is 41.1 Å². The lowest BCUT2D eigenvalue weighted by molar-refractivity contribution is -0.139. The molecule has 0 unspecified atom stereocenters. The minimum absolute atomic E-state index is 0.140. The third kappa shape index (κ3) is 4.43. The van der Waals surface area contributed by atoms with Crippen LogP contribution >= 0.6 is 11.6 Å². The van der Waals surface area contributed by atoms with Gasteiger partial charge in [-0.3, -0.25) is 9.69 Å². The molecule has 1 aliphatic carbocycles. The number of hydrogen-bond donors (Lipinski definition) is 2. The highest BCUT2D eigenvalue weighted by Crippen LogP contribution is 2.26. The maximum Gasteiger partial charge on any atom is 0.317 e. The third-order valence-corrected chi connectivity index (χ3v) is 4.61. The summed E-state index contributed by atoms with van der Waals surface area (Å²) in [5.41, 5.74) is 2.28. The van der Waals surface area contributed by atoms with Gasteiger partial charge in [0.2, 0.25) is 0 Å². The molecule has 0 aliphatic heterocycles. The number of aliphatic carboxylic acids is 1. The lowest BCUT2D eigenvalue weighted by Gasteiger charge is -2.42. The highest BCUT2D eigenvalue weighted by molar-refractivity contribution is 6.31. The van der Waals surface area contributed by atoms with Crippen molar-refractivity contribution in [3.63, 3.8) is 0 Å². The van der Waals surface area contributed by atoms with Gasteiger partial charge in [-0.15, -0.1) is 0 Å². The van der Waals surface area contributed by atoms with Gasteiger partial charge in [-0.2, -0.15) is 0 Å². The Bertz CT molecular complexity index is 501. The van der Waals surface area contributed by atoms with Crippen molar-refractivity contribution in [2.45, 2.75) is 45.3 Å². The Morgan fingerprint density at radius 1 is 1.48 bits per heavy atom. The van der Waals surface area contributed by atoms with Crippen molar-refractivity contribution in [1.29, 1.82) is 0 Å². The van der Waals surface area contributed by atoms with Crippen LogP contribution in [-0.2, 0) is 11.3 Å². The quantitative estimate of drug-likeness (QED) is 0.813. The Hall–Kier alpha value is -1.10. The fourth-order valence-corrected chi connectivity index (χ4v) is 2.94. The van der Waals surface area contributed by atoms with Gasteiger partial charge in [0.25, 0.3) is 0 Å². The van der Waals surface area contributed by atoms with Crippen LogP contribution in [0.3, 0.4) is 0 Å². The second kappa shape index (κ2) is 7.25. The number of aryl methyl sites for hydroxylation is 1. The minimum atomic E-state index is -0.748. The van der Waals surface area contributed by atoms with Crippen molar-refractivity contribution in [1.82, 2.24) is 10.2 Å². The summed E-state index contributed by atoms with van der Waals surface area (Å²) >= 11 is 6.12. The summed E-state index contributed by atoms with van der Waals surface area (Å²) in [6, 6.07) is 6.99. The Balaban J connectivity index is 1.75. The van der Waals surface area contributed by atoms with E-state index in [0.29, 0.717) is 12.1 Å². The maximum atomic E-state index is 10.8. The number of hydrogen-bond acceptors (Lipinski definition) is 3. The fraction of sp³-hybridized carbons (Fsp3) is 0.562. The molecule has 0 amide bonds. The Morgan fingerprint density at radius 2 is 2.19 bits per heavy atom. The van der Waals surface area contributed by atoms with E-state index >= 15 is 0 Å². The molecule has 2 rings (SSSR count). The van der Waals surface area contributed by atoms with Crippen molar-refractivity contribution in [2.24, 2.45) is 0 Å². The second-order valence-electron chi connectivity index (χ2n) is 5.74. The van der Waals surface area contributed by atoms with E-state index in [2.05, 4.69) is 11.4 Å². The van der Waals surface area contributed by atoms with Crippen molar-refractivity contribution < 1.29 is 9.90 Å². The van der Waals surface area contributed by atoms with Crippen molar-refractivity contribution in [3.05, 3.63) is 34.3 Å². The highest BCUT2D eigenvalue weighted by atomic mass is 35.5. The summed E-state index contributed by atoms with van der Waals surface area (Å²) in [4.78, 5) is 12.8. The van der Waals surface area contributed by atoms with Crippen LogP contribution in [0.4, 0.5) is 0 Å². The third-order valence-electron chi connectivity index (χ3n) is 4.21. The topological polar surface area (TPSA) is 52.6 Å². The van der Waals surface area contributed by atoms with Gasteiger partial charge in [-0.05, 0) is 43.5 Å². The number of carbonyl (C=O) groups is 1. The normalized spacial score (nSPS) is 21.3. The monoisotopic (exact) mass is 310 g/mol. The van der Waals surface area contributed by atoms with Gasteiger partial charge in [0, 0.05) is 23.7 Å². The Labute approximate surface area is 131 Å². The largest absolute Gasteiger partial charge is 0.480 e. The van der Waals surface area contributed by atoms with Gasteiger partial charge in [0.05, 0.1) is 6.54 Å². The zero-order valence-electron chi connectivity index (χ0n) is 12.6. The number of halogens is 1. The smallest absolute Gasteiger partial charge is 0.317 e. The van der Waals surface area contributed by atoms with Crippen molar-refractivity contribution >= 4 is 17.6 Å². The van der Waals surface area contributed by atoms with Crippen molar-refractivity contribution in [2.75, 3.05) is 13.1 Å². The average Bonchev–Trinajstić information content (AvgIpc) is 2.39. The van der Waals surface area contributed by atoms with Gasteiger partial charge < -0.3 is 10.4 Å². The molecule has 1 aromatic rings. The van der Waals surface area contributed by atoms with Crippen LogP contribution in [0.1, 0.15) is 30.9 Å². The van der Waals surface area contributed by atoms with Gasteiger partial charge in [-0.1, -0.05) is 30.7 Å². The number of benzene rings is 1. The van der Waals surface area contributed by atoms with E-state index in [4.69, 9.17) is 16.7 Å². The molecule has 0 radical (unpaired) electrons. The van der Waals surface area contributed by atoms with E-state index in [1.165, 1.54) is 5.56 Å². The summed E-state index contributed by atoms with van der Waals surface area (Å²) in [6.07, 6.45) is 2.03. The van der Waals surface area contributed by atoms with Crippen LogP contribution < -0.4 is 5.32 Å². The number of carboxylic acids is 1. The minimum Gasteiger partial charge on any atom is -0.480 e. The van der Waals surface area contributed by atoms with Crippen LogP contribution in [0.25, 0.3) is 0 Å². The molecule has 4 nitrogen and oxygen atoms in total. The molecule has 1 aliphatic rings. The standard InChI is InChI=1S/C16H23ClN2O2/c1-3-19(10-16(20)21)14-7-13(8-14)18-9-12-5-4-11(2)15(17)6-12/h4-6,13-14,18H,3,7-10H2,1-2H3,(H,20,21). The van der Waals surface area contributed by atoms with Gasteiger partial charge in [-0.25, -0.2) is 0 Å². The van der Waals surface area contributed by atoms with Crippen molar-refractivity contribution in [3.8, 4) is 0 Å². The lowest BCUT2D eigenvalue weighted by atomic mass is 9.85. The summed E-state index contributed by atoms with van der Waals surface area (Å²) < 4.78 is 0. The predicted octanol–water partition coefficient (Wildman–Crippen LogP) is 2.68. The number of carboxylic acid groups (broad SMARTS) is 1. The molecule has 0 spiro atoms. The second-order valence-corrected chi connectivity index (χ2v) is 6.15. The van der Waals surface area contributed by atoms with Gasteiger partial charge in [0.15, 0.2) is 0 Å². The molecule has 2 N–H and O–H groups in total. The fourth-order valence-electron chi connectivity index (χ4n) is 2.73. The molecular formula is C16H23ClN2O2. The van der Waals surface area contributed by atoms with Crippen LogP contribution in [0.15, 0.2) is 18.2 Å². The van der Waals surface area contributed by atoms with E-state index in [1.807, 2.05) is 30.9 Å². The van der Waals surface area contributed by atoms with E-state index in [0.717, 1.165) is 36.5 Å². The summed E-state index contributed by atoms with van der Waals surface area (Å²) in [6.45, 7) is 5.75. The zero-order valence-corrected chi connectivity index (χ0v) is 13.4. The number of likely N-dealkylation sites (N-methyl/N-ethyl adjacent to an activating group) is 1. The number of rotatable bonds is 7. The van der Waals surface area contributed by atoms with E-state index < -0.39 is 5.97 Å². The number of nitrogens with one attached hydrogen (secondary N) is 1. The first-order valence-corrected chi connectivity index (χ1v) is 7.81. The van der Waals surface area contributed by atoms with Crippen LogP contribution in [0, 0.1) is 6.92 Å². The Morgan fingerprint density at radius 3 is 2.76 bits per heavy atom. The molecule has 0 bridgehead atoms. The molecule has 0 saturated heterocycles. The van der Waals surface area contributed by atoms with E-state index in [1.54, 1.807) is 0 Å².